The van der Waals surface area contributed by atoms with Gasteiger partial charge in [-0.15, -0.1) is 11.3 Å². The average molecular weight is 158 g/mol. The molecule has 4 heteroatoms. The third kappa shape index (κ3) is 1.46. The van der Waals surface area contributed by atoms with Gasteiger partial charge >= 0.3 is 0 Å². The molecule has 1 aromatic rings. The molecule has 1 rings (SSSR count). The molecule has 0 aliphatic rings. The zero-order valence-electron chi connectivity index (χ0n) is 4.92. The number of aryl methyl sites for hydroxylation is 1. The SMILES string of the molecule is Cc1cnc(C(N)=S)s1. The maximum Gasteiger partial charge on any atom is 0.150 e. The monoisotopic (exact) mass is 158 g/mol. The lowest BCUT2D eigenvalue weighted by Gasteiger charge is -1.83. The number of aromatic nitrogens is 1. The van der Waals surface area contributed by atoms with Crippen molar-refractivity contribution in [1.29, 1.82) is 0 Å². The number of nitrogens with two attached hydrogens (primary N) is 1. The fraction of sp³-hybridized carbons (Fsp3) is 0.200. The van der Waals surface area contributed by atoms with Gasteiger partial charge in [-0.3, -0.25) is 0 Å². The molecule has 0 atom stereocenters. The fourth-order valence-corrected chi connectivity index (χ4v) is 1.26. The molecule has 0 spiro atoms. The molecule has 0 saturated heterocycles. The first-order chi connectivity index (χ1) is 4.20. The molecule has 0 bridgehead atoms. The maximum absolute atomic E-state index is 5.31. The molecule has 1 heterocycles. The highest BCUT2D eigenvalue weighted by Gasteiger charge is 1.98. The van der Waals surface area contributed by atoms with Crippen LogP contribution in [0.5, 0.6) is 0 Å². The van der Waals surface area contributed by atoms with Gasteiger partial charge in [0.2, 0.25) is 0 Å². The molecule has 9 heavy (non-hydrogen) atoms. The van der Waals surface area contributed by atoms with Crippen LogP contribution in [-0.4, -0.2) is 9.97 Å². The van der Waals surface area contributed by atoms with E-state index in [4.69, 9.17) is 18.0 Å². The summed E-state index contributed by atoms with van der Waals surface area (Å²) in [7, 11) is 0. The zero-order chi connectivity index (χ0) is 6.85. The van der Waals surface area contributed by atoms with Gasteiger partial charge in [0.05, 0.1) is 0 Å². The van der Waals surface area contributed by atoms with Crippen LogP contribution in [0.1, 0.15) is 9.88 Å². The Morgan fingerprint density at radius 3 is 2.78 bits per heavy atom. The highest BCUT2D eigenvalue weighted by molar-refractivity contribution is 7.81. The van der Waals surface area contributed by atoms with Gasteiger partial charge in [0.1, 0.15) is 4.99 Å². The lowest BCUT2D eigenvalue weighted by Crippen LogP contribution is -2.07. The van der Waals surface area contributed by atoms with E-state index in [0.717, 1.165) is 9.88 Å². The highest BCUT2D eigenvalue weighted by Crippen LogP contribution is 2.09. The van der Waals surface area contributed by atoms with E-state index in [9.17, 15) is 0 Å². The quantitative estimate of drug-likeness (QED) is 0.622. The molecular formula is C5H6N2S2. The largest absolute Gasteiger partial charge is 0.387 e. The summed E-state index contributed by atoms with van der Waals surface area (Å²) in [5.74, 6) is 0. The van der Waals surface area contributed by atoms with Crippen LogP contribution in [-0.2, 0) is 0 Å². The van der Waals surface area contributed by atoms with Gasteiger partial charge < -0.3 is 5.73 Å². The van der Waals surface area contributed by atoms with E-state index in [1.165, 1.54) is 11.3 Å². The van der Waals surface area contributed by atoms with Crippen molar-refractivity contribution in [2.45, 2.75) is 6.92 Å². The van der Waals surface area contributed by atoms with Crippen LogP contribution in [0.25, 0.3) is 0 Å². The van der Waals surface area contributed by atoms with Crippen LogP contribution in [0.4, 0.5) is 0 Å². The van der Waals surface area contributed by atoms with E-state index in [2.05, 4.69) is 4.98 Å². The van der Waals surface area contributed by atoms with E-state index in [-0.39, 0.29) is 0 Å². The van der Waals surface area contributed by atoms with Crippen molar-refractivity contribution in [1.82, 2.24) is 4.98 Å². The third-order valence-electron chi connectivity index (χ3n) is 0.832. The summed E-state index contributed by atoms with van der Waals surface area (Å²) in [4.78, 5) is 5.49. The first-order valence-electron chi connectivity index (χ1n) is 2.42. The van der Waals surface area contributed by atoms with Gasteiger partial charge in [0.15, 0.2) is 5.01 Å². The van der Waals surface area contributed by atoms with Gasteiger partial charge in [-0.2, -0.15) is 0 Å². The van der Waals surface area contributed by atoms with Crippen LogP contribution in [0.3, 0.4) is 0 Å². The number of hydrogen-bond acceptors (Lipinski definition) is 3. The molecule has 0 aliphatic heterocycles. The highest BCUT2D eigenvalue weighted by atomic mass is 32.1. The Bertz CT molecular complexity index is 229. The predicted molar refractivity (Wildman–Crippen MR) is 42.7 cm³/mol. The lowest BCUT2D eigenvalue weighted by atomic mass is 10.6. The van der Waals surface area contributed by atoms with Crippen molar-refractivity contribution in [3.8, 4) is 0 Å². The Kier molecular flexibility index (Phi) is 1.78. The Hall–Kier alpha value is -0.480. The van der Waals surface area contributed by atoms with Crippen LogP contribution in [0.2, 0.25) is 0 Å². The van der Waals surface area contributed by atoms with Gasteiger partial charge in [-0.25, -0.2) is 4.98 Å². The molecular weight excluding hydrogens is 152 g/mol. The topological polar surface area (TPSA) is 38.9 Å². The molecule has 0 radical (unpaired) electrons. The van der Waals surface area contributed by atoms with Crippen molar-refractivity contribution in [2.24, 2.45) is 5.73 Å². The Balaban J connectivity index is 2.98. The van der Waals surface area contributed by atoms with Crippen LogP contribution < -0.4 is 5.73 Å². The second kappa shape index (κ2) is 2.41. The minimum absolute atomic E-state index is 0.383. The summed E-state index contributed by atoms with van der Waals surface area (Å²) in [6.45, 7) is 1.97. The van der Waals surface area contributed by atoms with E-state index in [1.54, 1.807) is 6.20 Å². The van der Waals surface area contributed by atoms with Gasteiger partial charge in [-0.05, 0) is 6.92 Å². The molecule has 0 aliphatic carbocycles. The van der Waals surface area contributed by atoms with Gasteiger partial charge in [0.25, 0.3) is 0 Å². The Morgan fingerprint density at radius 2 is 2.56 bits per heavy atom. The van der Waals surface area contributed by atoms with Crippen molar-refractivity contribution < 1.29 is 0 Å². The van der Waals surface area contributed by atoms with Crippen molar-refractivity contribution in [2.75, 3.05) is 0 Å². The number of thiazole rings is 1. The standard InChI is InChI=1S/C5H6N2S2/c1-3-2-7-5(9-3)4(6)8/h2H,1H3,(H2,6,8). The summed E-state index contributed by atoms with van der Waals surface area (Å²) in [6.07, 6.45) is 1.76. The minimum atomic E-state index is 0.383. The molecule has 0 saturated carbocycles. The summed E-state index contributed by atoms with van der Waals surface area (Å²) >= 11 is 6.22. The second-order valence-electron chi connectivity index (χ2n) is 1.64. The normalized spacial score (nSPS) is 9.44. The van der Waals surface area contributed by atoms with Crippen LogP contribution in [0.15, 0.2) is 6.20 Å². The molecule has 2 N–H and O–H groups in total. The Morgan fingerprint density at radius 1 is 1.89 bits per heavy atom. The summed E-state index contributed by atoms with van der Waals surface area (Å²) in [5, 5.41) is 0.752. The van der Waals surface area contributed by atoms with E-state index in [1.807, 2.05) is 6.92 Å². The van der Waals surface area contributed by atoms with Crippen LogP contribution >= 0.6 is 23.6 Å². The first-order valence-corrected chi connectivity index (χ1v) is 3.65. The average Bonchev–Trinajstić information content (AvgIpc) is 2.14. The second-order valence-corrected chi connectivity index (χ2v) is 3.31. The maximum atomic E-state index is 5.31. The number of thiocarbonyl (C=S) groups is 1. The van der Waals surface area contributed by atoms with Crippen molar-refractivity contribution in [3.05, 3.63) is 16.1 Å². The molecule has 0 aromatic carbocycles. The third-order valence-corrected chi connectivity index (χ3v) is 2.10. The van der Waals surface area contributed by atoms with Gasteiger partial charge in [-0.1, -0.05) is 12.2 Å². The summed E-state index contributed by atoms with van der Waals surface area (Å²) in [6, 6.07) is 0. The fourth-order valence-electron chi connectivity index (χ4n) is 0.469. The molecule has 1 aromatic heterocycles. The predicted octanol–water partition coefficient (Wildman–Crippen LogP) is 1.09. The van der Waals surface area contributed by atoms with E-state index >= 15 is 0 Å². The minimum Gasteiger partial charge on any atom is -0.387 e. The molecule has 2 nitrogen and oxygen atoms in total. The molecule has 48 valence electrons. The molecule has 0 fully saturated rings. The summed E-state index contributed by atoms with van der Waals surface area (Å²) in [5.41, 5.74) is 5.31. The Labute approximate surface area is 62.7 Å². The zero-order valence-corrected chi connectivity index (χ0v) is 6.55. The molecule has 0 unspecified atom stereocenters. The number of hydrogen-bond donors (Lipinski definition) is 1. The lowest BCUT2D eigenvalue weighted by molar-refractivity contribution is 1.36. The van der Waals surface area contributed by atoms with E-state index in [0.29, 0.717) is 4.99 Å². The number of nitrogens with zero attached hydrogens (tertiary/aromatic N) is 1. The van der Waals surface area contributed by atoms with Crippen molar-refractivity contribution in [3.63, 3.8) is 0 Å². The van der Waals surface area contributed by atoms with Gasteiger partial charge in [0, 0.05) is 11.1 Å². The first kappa shape index (κ1) is 6.64. The molecule has 0 amide bonds. The van der Waals surface area contributed by atoms with Crippen LogP contribution in [0, 0.1) is 6.92 Å². The van der Waals surface area contributed by atoms with Crippen molar-refractivity contribution >= 4 is 28.5 Å². The van der Waals surface area contributed by atoms with E-state index < -0.39 is 0 Å². The smallest absolute Gasteiger partial charge is 0.150 e. The summed E-state index contributed by atoms with van der Waals surface area (Å²) < 4.78 is 0. The number of rotatable bonds is 1.